The van der Waals surface area contributed by atoms with Gasteiger partial charge >= 0.3 is 0 Å². The second-order valence-electron chi connectivity index (χ2n) is 5.91. The molecule has 7 nitrogen and oxygen atoms in total. The van der Waals surface area contributed by atoms with Gasteiger partial charge in [0.15, 0.2) is 11.5 Å². The summed E-state index contributed by atoms with van der Waals surface area (Å²) >= 11 is 0. The van der Waals surface area contributed by atoms with Crippen molar-refractivity contribution in [2.24, 2.45) is 0 Å². The first-order valence-corrected chi connectivity index (χ1v) is 10.8. The van der Waals surface area contributed by atoms with E-state index in [-0.39, 0.29) is 11.7 Å². The topological polar surface area (TPSA) is 93.7 Å². The third kappa shape index (κ3) is 6.16. The van der Waals surface area contributed by atoms with Crippen LogP contribution in [-0.2, 0) is 16.6 Å². The maximum Gasteiger partial charge on any atom is 0.251 e. The van der Waals surface area contributed by atoms with Crippen LogP contribution < -0.4 is 19.5 Å². The molecule has 0 radical (unpaired) electrons. The van der Waals surface area contributed by atoms with Crippen LogP contribution in [0.2, 0.25) is 0 Å². The number of carbonyl (C=O) groups excluding carboxylic acids is 1. The Balaban J connectivity index is 2.00. The van der Waals surface area contributed by atoms with Crippen molar-refractivity contribution in [3.05, 3.63) is 53.6 Å². The Morgan fingerprint density at radius 1 is 0.929 bits per heavy atom. The second-order valence-corrected chi connectivity index (χ2v) is 7.92. The van der Waals surface area contributed by atoms with E-state index in [0.717, 1.165) is 5.56 Å². The van der Waals surface area contributed by atoms with Crippen LogP contribution in [0, 0.1) is 0 Å². The van der Waals surface area contributed by atoms with Crippen LogP contribution >= 0.6 is 0 Å². The molecule has 0 saturated carbocycles. The van der Waals surface area contributed by atoms with E-state index >= 15 is 0 Å². The number of anilines is 1. The molecule has 0 heterocycles. The molecule has 0 atom stereocenters. The molecule has 2 aromatic carbocycles. The fourth-order valence-corrected chi connectivity index (χ4v) is 3.07. The van der Waals surface area contributed by atoms with E-state index in [4.69, 9.17) is 9.47 Å². The van der Waals surface area contributed by atoms with E-state index in [1.165, 1.54) is 0 Å². The summed E-state index contributed by atoms with van der Waals surface area (Å²) in [4.78, 5) is 12.3. The Hall–Kier alpha value is -2.74. The number of rotatable bonds is 10. The van der Waals surface area contributed by atoms with Crippen LogP contribution in [-0.4, -0.2) is 33.3 Å². The van der Waals surface area contributed by atoms with Gasteiger partial charge in [0.25, 0.3) is 5.91 Å². The van der Waals surface area contributed by atoms with Crippen molar-refractivity contribution in [1.29, 1.82) is 0 Å². The molecule has 152 valence electrons. The molecule has 0 bridgehead atoms. The number of ether oxygens (including phenoxy) is 2. The maximum absolute atomic E-state index is 12.3. The van der Waals surface area contributed by atoms with Gasteiger partial charge in [0.1, 0.15) is 0 Å². The molecule has 0 spiro atoms. The van der Waals surface area contributed by atoms with E-state index < -0.39 is 10.0 Å². The van der Waals surface area contributed by atoms with Gasteiger partial charge in [-0.1, -0.05) is 6.07 Å². The SMILES string of the molecule is CCOc1ccc(CNC(=O)c2ccc(NS(=O)(=O)CC)cc2)cc1OCC. The molecule has 0 saturated heterocycles. The van der Waals surface area contributed by atoms with E-state index in [0.29, 0.717) is 42.5 Å². The Morgan fingerprint density at radius 3 is 2.18 bits per heavy atom. The summed E-state index contributed by atoms with van der Waals surface area (Å²) in [6.07, 6.45) is 0. The molecule has 2 aromatic rings. The Labute approximate surface area is 166 Å². The highest BCUT2D eigenvalue weighted by Gasteiger charge is 2.10. The minimum atomic E-state index is -3.34. The number of amides is 1. The van der Waals surface area contributed by atoms with Crippen molar-refractivity contribution in [2.45, 2.75) is 27.3 Å². The molecule has 2 rings (SSSR count). The van der Waals surface area contributed by atoms with Gasteiger partial charge in [-0.2, -0.15) is 0 Å². The van der Waals surface area contributed by atoms with Gasteiger partial charge in [-0.25, -0.2) is 8.42 Å². The van der Waals surface area contributed by atoms with Crippen LogP contribution in [0.1, 0.15) is 36.7 Å². The summed E-state index contributed by atoms with van der Waals surface area (Å²) in [7, 11) is -3.34. The fourth-order valence-electron chi connectivity index (χ4n) is 2.43. The lowest BCUT2D eigenvalue weighted by molar-refractivity contribution is 0.0951. The molecular formula is C20H26N2O5S. The molecule has 0 aromatic heterocycles. The summed E-state index contributed by atoms with van der Waals surface area (Å²) in [6.45, 7) is 6.75. The summed E-state index contributed by atoms with van der Waals surface area (Å²) in [6, 6.07) is 11.8. The van der Waals surface area contributed by atoms with E-state index in [1.54, 1.807) is 31.2 Å². The van der Waals surface area contributed by atoms with Crippen LogP contribution in [0.25, 0.3) is 0 Å². The fraction of sp³-hybridized carbons (Fsp3) is 0.350. The molecule has 1 amide bonds. The molecule has 28 heavy (non-hydrogen) atoms. The zero-order valence-electron chi connectivity index (χ0n) is 16.3. The Bertz CT molecular complexity index is 895. The van der Waals surface area contributed by atoms with Gasteiger partial charge in [-0.15, -0.1) is 0 Å². The summed E-state index contributed by atoms with van der Waals surface area (Å²) in [5.41, 5.74) is 1.74. The smallest absolute Gasteiger partial charge is 0.251 e. The van der Waals surface area contributed by atoms with Crippen molar-refractivity contribution in [2.75, 3.05) is 23.7 Å². The van der Waals surface area contributed by atoms with Crippen molar-refractivity contribution in [3.8, 4) is 11.5 Å². The largest absolute Gasteiger partial charge is 0.490 e. The maximum atomic E-state index is 12.3. The molecule has 8 heteroatoms. The number of hydrogen-bond donors (Lipinski definition) is 2. The van der Waals surface area contributed by atoms with Gasteiger partial charge in [0.05, 0.1) is 19.0 Å². The summed E-state index contributed by atoms with van der Waals surface area (Å²) < 4.78 is 36.7. The zero-order valence-corrected chi connectivity index (χ0v) is 17.1. The Kier molecular flexibility index (Phi) is 7.69. The molecule has 0 unspecified atom stereocenters. The highest BCUT2D eigenvalue weighted by atomic mass is 32.2. The van der Waals surface area contributed by atoms with E-state index in [1.807, 2.05) is 32.0 Å². The highest BCUT2D eigenvalue weighted by Crippen LogP contribution is 2.28. The summed E-state index contributed by atoms with van der Waals surface area (Å²) in [5, 5.41) is 2.84. The van der Waals surface area contributed by atoms with E-state index in [2.05, 4.69) is 10.0 Å². The minimum Gasteiger partial charge on any atom is -0.490 e. The van der Waals surface area contributed by atoms with Gasteiger partial charge in [-0.05, 0) is 62.7 Å². The lowest BCUT2D eigenvalue weighted by atomic mass is 10.1. The lowest BCUT2D eigenvalue weighted by Gasteiger charge is -2.13. The van der Waals surface area contributed by atoms with Gasteiger partial charge in [0.2, 0.25) is 10.0 Å². The van der Waals surface area contributed by atoms with Crippen LogP contribution in [0.15, 0.2) is 42.5 Å². The first-order chi connectivity index (χ1) is 13.4. The standard InChI is InChI=1S/C20H26N2O5S/c1-4-26-18-12-7-15(13-19(18)27-5-2)14-21-20(23)16-8-10-17(11-9-16)22-28(24,25)6-3/h7-13,22H,4-6,14H2,1-3H3,(H,21,23). The predicted molar refractivity (Wildman–Crippen MR) is 109 cm³/mol. The summed E-state index contributed by atoms with van der Waals surface area (Å²) in [5.74, 6) is 1.05. The Morgan fingerprint density at radius 2 is 1.57 bits per heavy atom. The van der Waals surface area contributed by atoms with Crippen LogP contribution in [0.4, 0.5) is 5.69 Å². The molecular weight excluding hydrogens is 380 g/mol. The average Bonchev–Trinajstić information content (AvgIpc) is 2.68. The molecule has 2 N–H and O–H groups in total. The molecule has 0 aliphatic heterocycles. The first-order valence-electron chi connectivity index (χ1n) is 9.15. The van der Waals surface area contributed by atoms with Crippen molar-refractivity contribution >= 4 is 21.6 Å². The number of benzene rings is 2. The molecule has 0 aliphatic carbocycles. The number of nitrogens with one attached hydrogen (secondary N) is 2. The van der Waals surface area contributed by atoms with Crippen LogP contribution in [0.3, 0.4) is 0 Å². The number of sulfonamides is 1. The van der Waals surface area contributed by atoms with Crippen LogP contribution in [0.5, 0.6) is 11.5 Å². The van der Waals surface area contributed by atoms with Crippen molar-refractivity contribution in [1.82, 2.24) is 5.32 Å². The van der Waals surface area contributed by atoms with Gasteiger partial charge in [-0.3, -0.25) is 9.52 Å². The minimum absolute atomic E-state index is 0.0128. The predicted octanol–water partition coefficient (Wildman–Crippen LogP) is 3.18. The monoisotopic (exact) mass is 406 g/mol. The third-order valence-corrected chi connectivity index (χ3v) is 5.17. The quantitative estimate of drug-likeness (QED) is 0.632. The van der Waals surface area contributed by atoms with Crippen molar-refractivity contribution in [3.63, 3.8) is 0 Å². The normalized spacial score (nSPS) is 11.0. The molecule has 0 aliphatic rings. The van der Waals surface area contributed by atoms with Gasteiger partial charge in [0, 0.05) is 17.8 Å². The third-order valence-electron chi connectivity index (χ3n) is 3.86. The van der Waals surface area contributed by atoms with Crippen molar-refractivity contribution < 1.29 is 22.7 Å². The molecule has 0 fully saturated rings. The zero-order chi connectivity index (χ0) is 20.6. The second kappa shape index (κ2) is 9.98. The number of carbonyl (C=O) groups is 1. The average molecular weight is 407 g/mol. The number of hydrogen-bond acceptors (Lipinski definition) is 5. The van der Waals surface area contributed by atoms with Gasteiger partial charge < -0.3 is 14.8 Å². The van der Waals surface area contributed by atoms with E-state index in [9.17, 15) is 13.2 Å². The lowest BCUT2D eigenvalue weighted by Crippen LogP contribution is -2.23. The highest BCUT2D eigenvalue weighted by molar-refractivity contribution is 7.92. The first kappa shape index (κ1) is 21.6.